The minimum absolute atomic E-state index is 0.309. The number of hydrogen-bond donors (Lipinski definition) is 2. The molecule has 4 aromatic rings. The summed E-state index contributed by atoms with van der Waals surface area (Å²) in [4.78, 5) is 12.1. The number of aliphatic hydroxyl groups excluding tert-OH is 1. The summed E-state index contributed by atoms with van der Waals surface area (Å²) in [5, 5.41) is 17.7. The predicted octanol–water partition coefficient (Wildman–Crippen LogP) is 4.18. The summed E-state index contributed by atoms with van der Waals surface area (Å²) in [7, 11) is 1.58. The van der Waals surface area contributed by atoms with Gasteiger partial charge in [-0.25, -0.2) is 9.07 Å². The van der Waals surface area contributed by atoms with Crippen LogP contribution in [0.4, 0.5) is 4.39 Å². The zero-order valence-electron chi connectivity index (χ0n) is 19.1. The number of aromatic nitrogens is 2. The van der Waals surface area contributed by atoms with E-state index in [0.717, 1.165) is 22.2 Å². The van der Waals surface area contributed by atoms with Crippen LogP contribution in [0.5, 0.6) is 11.5 Å². The highest BCUT2D eigenvalue weighted by molar-refractivity contribution is 5.82. The Labute approximate surface area is 196 Å². The Bertz CT molecular complexity index is 1290. The molecule has 0 radical (unpaired) electrons. The second-order valence-electron chi connectivity index (χ2n) is 8.04. The van der Waals surface area contributed by atoms with Gasteiger partial charge >= 0.3 is 0 Å². The van der Waals surface area contributed by atoms with Crippen molar-refractivity contribution in [3.8, 4) is 17.2 Å². The molecular weight excluding hydrogens is 437 g/mol. The van der Waals surface area contributed by atoms with Crippen molar-refractivity contribution in [2.24, 2.45) is 0 Å². The molecule has 176 valence electrons. The van der Waals surface area contributed by atoms with Crippen molar-refractivity contribution >= 4 is 16.8 Å². The van der Waals surface area contributed by atoms with Crippen LogP contribution in [0.15, 0.2) is 72.9 Å². The summed E-state index contributed by atoms with van der Waals surface area (Å²) in [6, 6.07) is 18.6. The van der Waals surface area contributed by atoms with Crippen molar-refractivity contribution in [2.45, 2.75) is 32.1 Å². The zero-order valence-corrected chi connectivity index (χ0v) is 19.1. The number of ether oxygens (including phenoxy) is 2. The first-order valence-electron chi connectivity index (χ1n) is 10.9. The first-order chi connectivity index (χ1) is 16.4. The summed E-state index contributed by atoms with van der Waals surface area (Å²) >= 11 is 0. The van der Waals surface area contributed by atoms with Gasteiger partial charge in [0.1, 0.15) is 29.5 Å². The third-order valence-corrected chi connectivity index (χ3v) is 5.50. The van der Waals surface area contributed by atoms with E-state index in [1.165, 1.54) is 19.1 Å². The highest BCUT2D eigenvalue weighted by Gasteiger charge is 2.25. The van der Waals surface area contributed by atoms with Crippen LogP contribution >= 0.6 is 0 Å². The third kappa shape index (κ3) is 5.02. The van der Waals surface area contributed by atoms with Crippen LogP contribution in [-0.4, -0.2) is 40.0 Å². The van der Waals surface area contributed by atoms with Crippen LogP contribution in [0.2, 0.25) is 0 Å². The van der Waals surface area contributed by atoms with Gasteiger partial charge in [0.15, 0.2) is 0 Å². The molecule has 1 heterocycles. The van der Waals surface area contributed by atoms with Crippen LogP contribution < -0.4 is 14.8 Å². The van der Waals surface area contributed by atoms with Gasteiger partial charge in [-0.15, -0.1) is 0 Å². The number of carbonyl (C=O) groups is 1. The number of rotatable bonds is 8. The molecule has 0 aliphatic rings. The van der Waals surface area contributed by atoms with E-state index in [1.807, 2.05) is 49.4 Å². The molecule has 34 heavy (non-hydrogen) atoms. The van der Waals surface area contributed by atoms with E-state index in [2.05, 4.69) is 10.4 Å². The molecule has 0 saturated carbocycles. The molecule has 0 bridgehead atoms. The molecule has 3 aromatic carbocycles. The number of nitrogens with one attached hydrogen (secondary N) is 1. The molecule has 4 rings (SSSR count). The molecule has 7 nitrogen and oxygen atoms in total. The van der Waals surface area contributed by atoms with Gasteiger partial charge in [-0.05, 0) is 74.0 Å². The van der Waals surface area contributed by atoms with Crippen molar-refractivity contribution in [1.82, 2.24) is 15.1 Å². The highest BCUT2D eigenvalue weighted by Crippen LogP contribution is 2.30. The lowest BCUT2D eigenvalue weighted by atomic mass is 10.0. The monoisotopic (exact) mass is 463 g/mol. The Morgan fingerprint density at radius 1 is 1.06 bits per heavy atom. The van der Waals surface area contributed by atoms with E-state index in [-0.39, 0.29) is 5.82 Å². The number of benzene rings is 3. The summed E-state index contributed by atoms with van der Waals surface area (Å²) in [5.41, 5.74) is 2.39. The van der Waals surface area contributed by atoms with E-state index >= 15 is 0 Å². The third-order valence-electron chi connectivity index (χ3n) is 5.50. The van der Waals surface area contributed by atoms with E-state index in [4.69, 9.17) is 9.47 Å². The number of hydrogen-bond acceptors (Lipinski definition) is 5. The number of aliphatic hydroxyl groups is 1. The highest BCUT2D eigenvalue weighted by atomic mass is 19.1. The molecule has 0 aliphatic carbocycles. The first kappa shape index (κ1) is 23.3. The molecule has 3 atom stereocenters. The molecule has 2 N–H and O–H groups in total. The molecular formula is C26H26FN3O4. The molecule has 0 aliphatic heterocycles. The van der Waals surface area contributed by atoms with Gasteiger partial charge in [-0.2, -0.15) is 5.10 Å². The van der Waals surface area contributed by atoms with E-state index in [0.29, 0.717) is 11.5 Å². The average molecular weight is 464 g/mol. The van der Waals surface area contributed by atoms with Crippen molar-refractivity contribution in [2.75, 3.05) is 7.11 Å². The molecule has 8 heteroatoms. The van der Waals surface area contributed by atoms with Crippen LogP contribution in [-0.2, 0) is 4.79 Å². The second kappa shape index (κ2) is 9.93. The minimum Gasteiger partial charge on any atom is -0.497 e. The molecule has 0 fully saturated rings. The zero-order chi connectivity index (χ0) is 24.2. The molecule has 0 saturated heterocycles. The lowest BCUT2D eigenvalue weighted by molar-refractivity contribution is -0.129. The SMILES string of the molecule is COc1cccc([C@@H](Oc2ccc3c(cnn3-c3ccc(F)cc3)c2)[C@H](C)NC(=O)[C@H](C)O)c1. The Morgan fingerprint density at radius 2 is 1.82 bits per heavy atom. The van der Waals surface area contributed by atoms with Crippen LogP contribution in [0.1, 0.15) is 25.5 Å². The predicted molar refractivity (Wildman–Crippen MR) is 127 cm³/mol. The van der Waals surface area contributed by atoms with Crippen LogP contribution in [0.3, 0.4) is 0 Å². The summed E-state index contributed by atoms with van der Waals surface area (Å²) in [6.07, 6.45) is 0.0227. The first-order valence-corrected chi connectivity index (χ1v) is 10.9. The van der Waals surface area contributed by atoms with Gasteiger partial charge in [0.25, 0.3) is 0 Å². The summed E-state index contributed by atoms with van der Waals surface area (Å²) in [6.45, 7) is 3.23. The van der Waals surface area contributed by atoms with Crippen molar-refractivity contribution in [1.29, 1.82) is 0 Å². The number of amides is 1. The number of nitrogens with zero attached hydrogens (tertiary/aromatic N) is 2. The fraction of sp³-hybridized carbons (Fsp3) is 0.231. The van der Waals surface area contributed by atoms with Gasteiger partial charge in [0, 0.05) is 5.39 Å². The Hall–Kier alpha value is -3.91. The summed E-state index contributed by atoms with van der Waals surface area (Å²) in [5.74, 6) is 0.449. The Balaban J connectivity index is 1.65. The normalized spacial score (nSPS) is 13.8. The van der Waals surface area contributed by atoms with Crippen molar-refractivity contribution in [3.05, 3.63) is 84.3 Å². The fourth-order valence-electron chi connectivity index (χ4n) is 3.72. The number of carbonyl (C=O) groups excluding carboxylic acids is 1. The smallest absolute Gasteiger partial charge is 0.248 e. The van der Waals surface area contributed by atoms with E-state index in [1.54, 1.807) is 30.1 Å². The molecule has 0 spiro atoms. The maximum Gasteiger partial charge on any atom is 0.248 e. The summed E-state index contributed by atoms with van der Waals surface area (Å²) < 4.78 is 26.7. The van der Waals surface area contributed by atoms with Crippen LogP contribution in [0.25, 0.3) is 16.6 Å². The van der Waals surface area contributed by atoms with Crippen LogP contribution in [0, 0.1) is 5.82 Å². The molecule has 1 amide bonds. The van der Waals surface area contributed by atoms with E-state index in [9.17, 15) is 14.3 Å². The number of halogens is 1. The van der Waals surface area contributed by atoms with Gasteiger partial charge in [0.2, 0.25) is 5.91 Å². The van der Waals surface area contributed by atoms with E-state index < -0.39 is 24.2 Å². The van der Waals surface area contributed by atoms with Gasteiger partial charge in [-0.1, -0.05) is 12.1 Å². The second-order valence-corrected chi connectivity index (χ2v) is 8.04. The average Bonchev–Trinajstić information content (AvgIpc) is 3.26. The van der Waals surface area contributed by atoms with Gasteiger partial charge < -0.3 is 19.9 Å². The quantitative estimate of drug-likeness (QED) is 0.410. The Morgan fingerprint density at radius 3 is 2.53 bits per heavy atom. The van der Waals surface area contributed by atoms with Gasteiger partial charge in [-0.3, -0.25) is 4.79 Å². The lowest BCUT2D eigenvalue weighted by Gasteiger charge is -2.27. The topological polar surface area (TPSA) is 85.6 Å². The van der Waals surface area contributed by atoms with Crippen molar-refractivity contribution in [3.63, 3.8) is 0 Å². The fourth-order valence-corrected chi connectivity index (χ4v) is 3.72. The maximum absolute atomic E-state index is 13.3. The molecule has 1 aromatic heterocycles. The standard InChI is InChI=1S/C26H26FN3O4/c1-16(29-26(32)17(2)31)25(18-5-4-6-22(13-18)33-3)34-23-11-12-24-19(14-23)15-28-30(24)21-9-7-20(27)8-10-21/h4-17,25,31H,1-3H3,(H,29,32)/t16-,17-,25-/m0/s1. The Kier molecular flexibility index (Phi) is 6.79. The largest absolute Gasteiger partial charge is 0.497 e. The number of fused-ring (bicyclic) bond motifs is 1. The minimum atomic E-state index is -1.14. The van der Waals surface area contributed by atoms with Gasteiger partial charge in [0.05, 0.1) is 30.6 Å². The lowest BCUT2D eigenvalue weighted by Crippen LogP contribution is -2.43. The van der Waals surface area contributed by atoms with Crippen molar-refractivity contribution < 1.29 is 23.8 Å². The molecule has 0 unspecified atom stereocenters. The number of methoxy groups -OCH3 is 1. The maximum atomic E-state index is 13.3.